The molecule has 4 unspecified atom stereocenters. The SMILES string of the molecule is CCC1CC2CC(Oc3ccccc3-c3ccccc3)C1C2. The van der Waals surface area contributed by atoms with Crippen molar-refractivity contribution in [3.8, 4) is 16.9 Å². The van der Waals surface area contributed by atoms with Crippen molar-refractivity contribution >= 4 is 0 Å². The highest BCUT2D eigenvalue weighted by Crippen LogP contribution is 2.51. The first-order chi connectivity index (χ1) is 10.8. The van der Waals surface area contributed by atoms with Crippen molar-refractivity contribution in [3.63, 3.8) is 0 Å². The second-order valence-corrected chi connectivity index (χ2v) is 6.92. The molecule has 0 aliphatic heterocycles. The van der Waals surface area contributed by atoms with E-state index in [1.807, 2.05) is 0 Å². The van der Waals surface area contributed by atoms with E-state index in [-0.39, 0.29) is 0 Å². The number of ether oxygens (including phenoxy) is 1. The maximum Gasteiger partial charge on any atom is 0.127 e. The minimum Gasteiger partial charge on any atom is -0.489 e. The summed E-state index contributed by atoms with van der Waals surface area (Å²) in [6, 6.07) is 19.1. The summed E-state index contributed by atoms with van der Waals surface area (Å²) in [6.07, 6.45) is 5.80. The summed E-state index contributed by atoms with van der Waals surface area (Å²) < 4.78 is 6.53. The van der Waals surface area contributed by atoms with Gasteiger partial charge in [0.25, 0.3) is 0 Å². The molecule has 2 aromatic carbocycles. The molecular formula is C21H24O. The van der Waals surface area contributed by atoms with Crippen LogP contribution in [-0.4, -0.2) is 6.10 Å². The zero-order chi connectivity index (χ0) is 14.9. The van der Waals surface area contributed by atoms with Crippen molar-refractivity contribution in [1.29, 1.82) is 0 Å². The van der Waals surface area contributed by atoms with E-state index in [2.05, 4.69) is 61.5 Å². The first kappa shape index (κ1) is 13.9. The molecule has 1 nitrogen and oxygen atoms in total. The van der Waals surface area contributed by atoms with Crippen molar-refractivity contribution in [2.45, 2.75) is 38.7 Å². The van der Waals surface area contributed by atoms with E-state index in [4.69, 9.17) is 4.74 Å². The van der Waals surface area contributed by atoms with Crippen LogP contribution in [-0.2, 0) is 0 Å². The summed E-state index contributed by atoms with van der Waals surface area (Å²) in [6.45, 7) is 2.33. The summed E-state index contributed by atoms with van der Waals surface area (Å²) in [4.78, 5) is 0. The topological polar surface area (TPSA) is 9.23 Å². The molecule has 0 spiro atoms. The average Bonchev–Trinajstić information content (AvgIpc) is 3.16. The molecule has 0 aromatic heterocycles. The van der Waals surface area contributed by atoms with Gasteiger partial charge in [-0.25, -0.2) is 0 Å². The van der Waals surface area contributed by atoms with Crippen LogP contribution >= 0.6 is 0 Å². The van der Waals surface area contributed by atoms with E-state index >= 15 is 0 Å². The van der Waals surface area contributed by atoms with E-state index < -0.39 is 0 Å². The van der Waals surface area contributed by atoms with Gasteiger partial charge in [0.15, 0.2) is 0 Å². The fraction of sp³-hybridized carbons (Fsp3) is 0.429. The summed E-state index contributed by atoms with van der Waals surface area (Å²) in [5.41, 5.74) is 2.47. The Balaban J connectivity index is 1.59. The summed E-state index contributed by atoms with van der Waals surface area (Å²) in [5, 5.41) is 0. The van der Waals surface area contributed by atoms with E-state index in [0.29, 0.717) is 6.10 Å². The van der Waals surface area contributed by atoms with E-state index in [1.54, 1.807) is 0 Å². The van der Waals surface area contributed by atoms with E-state index in [1.165, 1.54) is 36.8 Å². The Morgan fingerprint density at radius 2 is 1.68 bits per heavy atom. The molecule has 0 saturated heterocycles. The number of hydrogen-bond donors (Lipinski definition) is 0. The number of hydrogen-bond acceptors (Lipinski definition) is 1. The van der Waals surface area contributed by atoms with Crippen LogP contribution in [0.2, 0.25) is 0 Å². The molecule has 1 heteroatoms. The van der Waals surface area contributed by atoms with Gasteiger partial charge in [-0.1, -0.05) is 61.9 Å². The predicted molar refractivity (Wildman–Crippen MR) is 90.9 cm³/mol. The summed E-state index contributed by atoms with van der Waals surface area (Å²) in [5.74, 6) is 3.62. The van der Waals surface area contributed by atoms with Crippen molar-refractivity contribution in [1.82, 2.24) is 0 Å². The Morgan fingerprint density at radius 1 is 0.909 bits per heavy atom. The third-order valence-electron chi connectivity index (χ3n) is 5.66. The molecule has 4 atom stereocenters. The Morgan fingerprint density at radius 3 is 2.45 bits per heavy atom. The fourth-order valence-corrected chi connectivity index (χ4v) is 4.62. The van der Waals surface area contributed by atoms with Crippen LogP contribution in [0.5, 0.6) is 5.75 Å². The third-order valence-corrected chi connectivity index (χ3v) is 5.66. The van der Waals surface area contributed by atoms with Crippen LogP contribution in [0.25, 0.3) is 11.1 Å². The van der Waals surface area contributed by atoms with E-state index in [9.17, 15) is 0 Å². The molecule has 2 aromatic rings. The monoisotopic (exact) mass is 292 g/mol. The molecule has 4 rings (SSSR count). The fourth-order valence-electron chi connectivity index (χ4n) is 4.62. The molecule has 2 bridgehead atoms. The van der Waals surface area contributed by atoms with E-state index in [0.717, 1.165) is 23.5 Å². The molecule has 2 aliphatic rings. The number of para-hydroxylation sites is 1. The number of fused-ring (bicyclic) bond motifs is 2. The van der Waals surface area contributed by atoms with Gasteiger partial charge in [-0.2, -0.15) is 0 Å². The number of rotatable bonds is 4. The minimum absolute atomic E-state index is 0.425. The third kappa shape index (κ3) is 2.43. The van der Waals surface area contributed by atoms with Gasteiger partial charge >= 0.3 is 0 Å². The lowest BCUT2D eigenvalue weighted by Crippen LogP contribution is -2.29. The Hall–Kier alpha value is -1.76. The van der Waals surface area contributed by atoms with Gasteiger partial charge in [0.05, 0.1) is 0 Å². The average molecular weight is 292 g/mol. The largest absolute Gasteiger partial charge is 0.489 e. The van der Waals surface area contributed by atoms with Gasteiger partial charge in [-0.15, -0.1) is 0 Å². The first-order valence-electron chi connectivity index (χ1n) is 8.66. The van der Waals surface area contributed by atoms with Crippen molar-refractivity contribution in [3.05, 3.63) is 54.6 Å². The van der Waals surface area contributed by atoms with Crippen LogP contribution in [0, 0.1) is 17.8 Å². The molecule has 0 radical (unpaired) electrons. The van der Waals surface area contributed by atoms with Gasteiger partial charge in [0.1, 0.15) is 11.9 Å². The minimum atomic E-state index is 0.425. The van der Waals surface area contributed by atoms with Crippen LogP contribution in [0.4, 0.5) is 0 Å². The molecule has 0 N–H and O–H groups in total. The van der Waals surface area contributed by atoms with Gasteiger partial charge in [0, 0.05) is 5.56 Å². The second-order valence-electron chi connectivity index (χ2n) is 6.92. The molecule has 2 aliphatic carbocycles. The van der Waals surface area contributed by atoms with Crippen LogP contribution in [0.1, 0.15) is 32.6 Å². The zero-order valence-corrected chi connectivity index (χ0v) is 13.2. The molecule has 114 valence electrons. The summed E-state index contributed by atoms with van der Waals surface area (Å²) >= 11 is 0. The van der Waals surface area contributed by atoms with Crippen LogP contribution in [0.3, 0.4) is 0 Å². The molecule has 22 heavy (non-hydrogen) atoms. The maximum atomic E-state index is 6.53. The van der Waals surface area contributed by atoms with Crippen LogP contribution in [0.15, 0.2) is 54.6 Å². The van der Waals surface area contributed by atoms with Gasteiger partial charge in [0.2, 0.25) is 0 Å². The molecular weight excluding hydrogens is 268 g/mol. The smallest absolute Gasteiger partial charge is 0.127 e. The molecule has 2 saturated carbocycles. The molecule has 0 amide bonds. The second kappa shape index (κ2) is 5.79. The normalized spacial score (nSPS) is 29.7. The Labute approximate surface area is 133 Å². The number of benzene rings is 2. The first-order valence-corrected chi connectivity index (χ1v) is 8.66. The van der Waals surface area contributed by atoms with Crippen molar-refractivity contribution < 1.29 is 4.74 Å². The summed E-state index contributed by atoms with van der Waals surface area (Å²) in [7, 11) is 0. The quantitative estimate of drug-likeness (QED) is 0.717. The van der Waals surface area contributed by atoms with Crippen LogP contribution < -0.4 is 4.74 Å². The highest BCUT2D eigenvalue weighted by molar-refractivity contribution is 5.70. The van der Waals surface area contributed by atoms with Gasteiger partial charge in [-0.3, -0.25) is 0 Å². The highest BCUT2D eigenvalue weighted by Gasteiger charge is 2.46. The highest BCUT2D eigenvalue weighted by atomic mass is 16.5. The standard InChI is InChI=1S/C21H24O/c1-2-16-12-15-13-19(16)21(14-15)22-20-11-7-6-10-18(20)17-8-4-3-5-9-17/h3-11,15-16,19,21H,2,12-14H2,1H3. The Bertz CT molecular complexity index is 633. The molecule has 0 heterocycles. The lowest BCUT2D eigenvalue weighted by molar-refractivity contribution is 0.102. The molecule has 2 fully saturated rings. The maximum absolute atomic E-state index is 6.53. The van der Waals surface area contributed by atoms with Gasteiger partial charge in [-0.05, 0) is 48.6 Å². The van der Waals surface area contributed by atoms with Crippen molar-refractivity contribution in [2.75, 3.05) is 0 Å². The van der Waals surface area contributed by atoms with Gasteiger partial charge < -0.3 is 4.74 Å². The Kier molecular flexibility index (Phi) is 3.65. The lowest BCUT2D eigenvalue weighted by Gasteiger charge is -2.30. The predicted octanol–water partition coefficient (Wildman–Crippen LogP) is 5.56. The van der Waals surface area contributed by atoms with Crippen molar-refractivity contribution in [2.24, 2.45) is 17.8 Å². The zero-order valence-electron chi connectivity index (χ0n) is 13.2. The lowest BCUT2D eigenvalue weighted by atomic mass is 9.85.